The van der Waals surface area contributed by atoms with E-state index in [2.05, 4.69) is 18.1 Å². The Kier molecular flexibility index (Phi) is 7.66. The molecule has 2 rings (SSSR count). The van der Waals surface area contributed by atoms with Gasteiger partial charge in [0, 0.05) is 6.20 Å². The molecule has 3 unspecified atom stereocenters. The maximum absolute atomic E-state index is 12.0. The number of aliphatic hydroxyl groups excluding tert-OH is 2. The number of phosphoric ester groups is 1. The lowest BCUT2D eigenvalue weighted by Crippen LogP contribution is -2.45. The quantitative estimate of drug-likeness (QED) is 0.121. The molecule has 1 fully saturated rings. The molecule has 31 heavy (non-hydrogen) atoms. The first-order chi connectivity index (χ1) is 14.0. The van der Waals surface area contributed by atoms with Crippen molar-refractivity contribution >= 4 is 35.7 Å². The number of aliphatic hydroxyl groups is 2. The van der Waals surface area contributed by atoms with Gasteiger partial charge < -0.3 is 34.5 Å². The van der Waals surface area contributed by atoms with Gasteiger partial charge in [-0.25, -0.2) is 18.5 Å². The Morgan fingerprint density at radius 3 is 2.35 bits per heavy atom. The molecule has 0 amide bonds. The highest BCUT2D eigenvalue weighted by atomic mass is 32.1. The zero-order valence-electron chi connectivity index (χ0n) is 14.8. The number of terminal acetylenes is 1. The Hall–Kier alpha value is -1.05. The number of phosphoric acid groups is 3. The maximum Gasteiger partial charge on any atom is 0.490 e. The van der Waals surface area contributed by atoms with Crippen molar-refractivity contribution in [2.45, 2.75) is 24.0 Å². The summed E-state index contributed by atoms with van der Waals surface area (Å²) in [6, 6.07) is 1.25. The number of H-pyrrole nitrogens is 1. The summed E-state index contributed by atoms with van der Waals surface area (Å²) in [4.78, 5) is 49.9. The number of hydrogen-bond acceptors (Lipinski definition) is 11. The normalized spacial score (nSPS) is 30.3. The second-order valence-corrected chi connectivity index (χ2v) is 10.7. The van der Waals surface area contributed by atoms with Crippen molar-refractivity contribution < 1.29 is 61.4 Å². The molecule has 1 aliphatic rings. The molecule has 0 bridgehead atoms. The fourth-order valence-electron chi connectivity index (χ4n) is 2.40. The van der Waals surface area contributed by atoms with E-state index in [4.69, 9.17) is 38.1 Å². The van der Waals surface area contributed by atoms with E-state index in [-0.39, 0.29) is 4.64 Å². The van der Waals surface area contributed by atoms with Crippen molar-refractivity contribution in [3.63, 3.8) is 0 Å². The van der Waals surface area contributed by atoms with Crippen LogP contribution in [0.15, 0.2) is 17.1 Å². The van der Waals surface area contributed by atoms with E-state index in [1.165, 1.54) is 6.07 Å². The molecular formula is C11H15N2O14P3S. The molecule has 0 spiro atoms. The number of ether oxygens (including phenoxy) is 1. The topological polar surface area (TPSA) is 247 Å². The van der Waals surface area contributed by atoms with Gasteiger partial charge in [0.15, 0.2) is 11.8 Å². The Labute approximate surface area is 177 Å². The maximum atomic E-state index is 12.0. The summed E-state index contributed by atoms with van der Waals surface area (Å²) >= 11 is 4.76. The third kappa shape index (κ3) is 6.48. The van der Waals surface area contributed by atoms with Crippen molar-refractivity contribution in [3.8, 4) is 12.3 Å². The van der Waals surface area contributed by atoms with Crippen LogP contribution in [-0.4, -0.2) is 63.8 Å². The van der Waals surface area contributed by atoms with E-state index >= 15 is 0 Å². The monoisotopic (exact) mass is 524 g/mol. The first-order valence-corrected chi connectivity index (χ1v) is 12.6. The summed E-state index contributed by atoms with van der Waals surface area (Å²) in [5.74, 6) is 1.88. The fraction of sp³-hybridized carbons (Fsp3) is 0.455. The Balaban J connectivity index is 2.22. The molecule has 2 heterocycles. The number of aromatic amines is 1. The van der Waals surface area contributed by atoms with Crippen molar-refractivity contribution in [2.75, 3.05) is 6.61 Å². The highest BCUT2D eigenvalue weighted by Gasteiger charge is 2.56. The van der Waals surface area contributed by atoms with Gasteiger partial charge in [0.05, 0.1) is 0 Å². The molecule has 0 radical (unpaired) electrons. The number of nitrogens with one attached hydrogen (secondary N) is 1. The SMILES string of the molecule is C#C[C@]1(COP(=O)(O)OP(=O)(O)OP(=O)(O)O)O[C@@H](n2ccc(=S)[nH]c2=O)C(O)[C@H]1O. The smallest absolute Gasteiger partial charge is 0.386 e. The number of hydrogen-bond donors (Lipinski definition) is 7. The number of aromatic nitrogens is 2. The molecule has 1 aromatic rings. The van der Waals surface area contributed by atoms with Crippen LogP contribution in [0.3, 0.4) is 0 Å². The van der Waals surface area contributed by atoms with Crippen LogP contribution in [0.1, 0.15) is 6.23 Å². The fourth-order valence-corrected chi connectivity index (χ4v) is 5.59. The van der Waals surface area contributed by atoms with E-state index in [9.17, 15) is 33.6 Å². The van der Waals surface area contributed by atoms with Crippen molar-refractivity contribution in [1.29, 1.82) is 0 Å². The molecule has 0 aliphatic carbocycles. The highest BCUT2D eigenvalue weighted by molar-refractivity contribution is 7.71. The van der Waals surface area contributed by atoms with E-state index in [1.807, 2.05) is 5.92 Å². The second kappa shape index (κ2) is 9.06. The molecule has 20 heteroatoms. The van der Waals surface area contributed by atoms with Gasteiger partial charge >= 0.3 is 29.2 Å². The summed E-state index contributed by atoms with van der Waals surface area (Å²) < 4.78 is 51.4. The van der Waals surface area contributed by atoms with Crippen LogP contribution >= 0.6 is 35.7 Å². The highest BCUT2D eigenvalue weighted by Crippen LogP contribution is 2.66. The van der Waals surface area contributed by atoms with Crippen molar-refractivity contribution in [3.05, 3.63) is 27.4 Å². The molecule has 1 aliphatic heterocycles. The molecular weight excluding hydrogens is 509 g/mol. The molecule has 16 nitrogen and oxygen atoms in total. The van der Waals surface area contributed by atoms with Gasteiger partial charge in [0.1, 0.15) is 23.5 Å². The second-order valence-electron chi connectivity index (χ2n) is 5.86. The largest absolute Gasteiger partial charge is 0.490 e. The summed E-state index contributed by atoms with van der Waals surface area (Å²) in [5.41, 5.74) is -3.23. The lowest BCUT2D eigenvalue weighted by atomic mass is 9.97. The van der Waals surface area contributed by atoms with E-state index < -0.39 is 59.8 Å². The zero-order chi connectivity index (χ0) is 23.8. The lowest BCUT2D eigenvalue weighted by molar-refractivity contribution is -0.0920. The minimum absolute atomic E-state index is 0.0464. The molecule has 1 saturated heterocycles. The lowest BCUT2D eigenvalue weighted by Gasteiger charge is -2.27. The minimum atomic E-state index is -5.79. The number of nitrogens with zero attached hydrogens (tertiary/aromatic N) is 1. The Bertz CT molecular complexity index is 1140. The average Bonchev–Trinajstić information content (AvgIpc) is 2.82. The Morgan fingerprint density at radius 2 is 1.84 bits per heavy atom. The molecule has 6 atom stereocenters. The minimum Gasteiger partial charge on any atom is -0.386 e. The summed E-state index contributed by atoms with van der Waals surface area (Å²) in [5, 5.41) is 20.5. The van der Waals surface area contributed by atoms with Gasteiger partial charge in [-0.05, 0) is 6.07 Å². The van der Waals surface area contributed by atoms with E-state index in [1.54, 1.807) is 0 Å². The van der Waals surface area contributed by atoms with Gasteiger partial charge in [0.25, 0.3) is 0 Å². The number of rotatable bonds is 8. The standard InChI is InChI=1S/C11H15N2O14P3S/c1-2-11(5-24-29(20,21)27-30(22,23)26-28(17,18)19)8(15)7(14)9(25-11)13-4-3-6(31)12-10(13)16/h1,3-4,7-9,14-15H,5H2,(H,20,21)(H,22,23)(H,12,16,31)(H2,17,18,19)/t7?,8-,9-,11-/m1/s1. The molecule has 0 aromatic carbocycles. The van der Waals surface area contributed by atoms with Gasteiger partial charge in [-0.2, -0.15) is 8.62 Å². The van der Waals surface area contributed by atoms with Crippen molar-refractivity contribution in [1.82, 2.24) is 9.55 Å². The van der Waals surface area contributed by atoms with E-state index in [0.29, 0.717) is 0 Å². The van der Waals surface area contributed by atoms with Crippen LogP contribution in [0.2, 0.25) is 0 Å². The Morgan fingerprint density at radius 1 is 1.23 bits per heavy atom. The molecule has 0 saturated carbocycles. The van der Waals surface area contributed by atoms with Crippen LogP contribution in [0.5, 0.6) is 0 Å². The van der Waals surface area contributed by atoms with Gasteiger partial charge in [0.2, 0.25) is 0 Å². The van der Waals surface area contributed by atoms with Crippen LogP contribution in [-0.2, 0) is 31.6 Å². The molecule has 7 N–H and O–H groups in total. The van der Waals surface area contributed by atoms with Crippen LogP contribution in [0.4, 0.5) is 0 Å². The van der Waals surface area contributed by atoms with Gasteiger partial charge in [-0.3, -0.25) is 14.1 Å². The van der Waals surface area contributed by atoms with Gasteiger partial charge in [-0.1, -0.05) is 18.1 Å². The van der Waals surface area contributed by atoms with Crippen molar-refractivity contribution in [2.24, 2.45) is 0 Å². The van der Waals surface area contributed by atoms with E-state index in [0.717, 1.165) is 10.8 Å². The summed E-state index contributed by atoms with van der Waals surface area (Å²) in [7, 11) is -17.0. The predicted molar refractivity (Wildman–Crippen MR) is 99.4 cm³/mol. The summed E-state index contributed by atoms with van der Waals surface area (Å²) in [6.45, 7) is -1.25. The third-order valence-electron chi connectivity index (χ3n) is 3.65. The average molecular weight is 524 g/mol. The summed E-state index contributed by atoms with van der Waals surface area (Å²) in [6.07, 6.45) is 0.906. The van der Waals surface area contributed by atoms with Crippen LogP contribution < -0.4 is 5.69 Å². The van der Waals surface area contributed by atoms with Gasteiger partial charge in [-0.15, -0.1) is 6.42 Å². The zero-order valence-corrected chi connectivity index (χ0v) is 18.3. The van der Waals surface area contributed by atoms with Crippen LogP contribution in [0, 0.1) is 17.0 Å². The molecule has 1 aromatic heterocycles. The third-order valence-corrected chi connectivity index (χ3v) is 7.67. The van der Waals surface area contributed by atoms with Crippen LogP contribution in [0.25, 0.3) is 0 Å². The first-order valence-electron chi connectivity index (χ1n) is 7.62. The first kappa shape index (κ1) is 26.2. The predicted octanol–water partition coefficient (Wildman–Crippen LogP) is -1.13. The molecule has 174 valence electrons.